The van der Waals surface area contributed by atoms with Gasteiger partial charge in [-0.1, -0.05) is 35.6 Å². The molecule has 6 amide bonds. The molecule has 360 valence electrons. The van der Waals surface area contributed by atoms with Crippen molar-refractivity contribution >= 4 is 70.1 Å². The van der Waals surface area contributed by atoms with E-state index in [2.05, 4.69) is 58.6 Å². The van der Waals surface area contributed by atoms with Crippen LogP contribution in [-0.4, -0.2) is 120 Å². The number of carbonyl (C=O) groups is 5. The number of fused-ring (bicyclic) bond motifs is 1. The Morgan fingerprint density at radius 3 is 2.32 bits per heavy atom. The minimum absolute atomic E-state index is 0.0182. The maximum atomic E-state index is 13.3. The Bertz CT molecular complexity index is 2610. The van der Waals surface area contributed by atoms with E-state index in [1.807, 2.05) is 47.4 Å². The molecule has 1 aromatic heterocycles. The predicted molar refractivity (Wildman–Crippen MR) is 263 cm³/mol. The minimum Gasteiger partial charge on any atom is -0.368 e. The number of para-hydroxylation sites is 1. The molecule has 5 aliphatic rings. The van der Waals surface area contributed by atoms with Gasteiger partial charge in [-0.25, -0.2) is 9.78 Å². The topological polar surface area (TPSA) is 202 Å². The largest absolute Gasteiger partial charge is 0.368 e. The molecule has 17 nitrogen and oxygen atoms in total. The number of benzene rings is 3. The maximum Gasteiger partial charge on any atom is 0.317 e. The maximum absolute atomic E-state index is 13.3. The Labute approximate surface area is 406 Å². The van der Waals surface area contributed by atoms with Gasteiger partial charge in [-0.3, -0.25) is 24.5 Å². The second-order valence-electron chi connectivity index (χ2n) is 18.3. The van der Waals surface area contributed by atoms with Gasteiger partial charge in [0.2, 0.25) is 17.8 Å². The van der Waals surface area contributed by atoms with Gasteiger partial charge in [0.1, 0.15) is 17.7 Å². The van der Waals surface area contributed by atoms with Crippen LogP contribution in [0.2, 0.25) is 5.02 Å². The Kier molecular flexibility index (Phi) is 14.9. The summed E-state index contributed by atoms with van der Waals surface area (Å²) in [5.74, 6) is 5.90. The number of carbonyl (C=O) groups excluding carboxylic acids is 5. The zero-order valence-electron chi connectivity index (χ0n) is 38.7. The molecule has 2 saturated heterocycles. The van der Waals surface area contributed by atoms with Gasteiger partial charge < -0.3 is 46.0 Å². The van der Waals surface area contributed by atoms with Gasteiger partial charge in [-0.2, -0.15) is 4.98 Å². The van der Waals surface area contributed by atoms with E-state index >= 15 is 0 Å². The Balaban J connectivity index is 0.646. The van der Waals surface area contributed by atoms with Crippen LogP contribution < -0.4 is 36.8 Å². The fourth-order valence-corrected chi connectivity index (χ4v) is 10.1. The molecule has 18 heteroatoms. The Morgan fingerprint density at radius 1 is 0.855 bits per heavy atom. The van der Waals surface area contributed by atoms with Crippen molar-refractivity contribution in [1.29, 1.82) is 0 Å². The first-order chi connectivity index (χ1) is 33.6. The molecular formula is C51H58ClN11O6. The van der Waals surface area contributed by atoms with Crippen LogP contribution in [-0.2, 0) is 20.9 Å². The van der Waals surface area contributed by atoms with E-state index in [0.717, 1.165) is 87.0 Å². The number of rotatable bonds is 12. The molecule has 3 aromatic carbocycles. The molecule has 0 spiro atoms. The molecule has 3 aliphatic heterocycles. The summed E-state index contributed by atoms with van der Waals surface area (Å²) >= 11 is 6.42. The number of urea groups is 1. The molecule has 4 heterocycles. The summed E-state index contributed by atoms with van der Waals surface area (Å²) in [5.41, 5.74) is 5.12. The van der Waals surface area contributed by atoms with Crippen LogP contribution >= 0.6 is 11.6 Å². The molecule has 69 heavy (non-hydrogen) atoms. The molecule has 6 N–H and O–H groups in total. The summed E-state index contributed by atoms with van der Waals surface area (Å²) in [6, 6.07) is 21.1. The van der Waals surface area contributed by atoms with Gasteiger partial charge in [0.25, 0.3) is 11.8 Å². The summed E-state index contributed by atoms with van der Waals surface area (Å²) in [6.45, 7) is 3.42. The van der Waals surface area contributed by atoms with Crippen molar-refractivity contribution in [3.8, 4) is 11.8 Å². The lowest BCUT2D eigenvalue weighted by molar-refractivity contribution is -0.136. The fraction of sp³-hybridized carbons (Fsp3) is 0.431. The number of aromatic nitrogens is 2. The molecule has 9 rings (SSSR count). The molecule has 1 unspecified atom stereocenters. The number of ether oxygens (including phenoxy) is 1. The smallest absolute Gasteiger partial charge is 0.317 e. The highest BCUT2D eigenvalue weighted by molar-refractivity contribution is 6.33. The zero-order chi connectivity index (χ0) is 47.9. The van der Waals surface area contributed by atoms with Gasteiger partial charge in [0.05, 0.1) is 23.6 Å². The first-order valence-electron chi connectivity index (χ1n) is 24.0. The summed E-state index contributed by atoms with van der Waals surface area (Å²) < 4.78 is 6.15. The first-order valence-corrected chi connectivity index (χ1v) is 24.4. The van der Waals surface area contributed by atoms with Crippen LogP contribution in [0.25, 0.3) is 0 Å². The third-order valence-electron chi connectivity index (χ3n) is 13.8. The quantitative estimate of drug-likeness (QED) is 0.0732. The highest BCUT2D eigenvalue weighted by atomic mass is 35.5. The van der Waals surface area contributed by atoms with Crippen LogP contribution in [0.15, 0.2) is 72.9 Å². The number of nitrogens with one attached hydrogen (secondary N) is 6. The molecule has 1 atom stereocenters. The molecule has 0 radical (unpaired) electrons. The monoisotopic (exact) mass is 955 g/mol. The number of nitrogens with zero attached hydrogens (tertiary/aromatic N) is 5. The second kappa shape index (κ2) is 21.7. The van der Waals surface area contributed by atoms with Crippen LogP contribution in [0.3, 0.4) is 0 Å². The summed E-state index contributed by atoms with van der Waals surface area (Å²) in [7, 11) is 1.58. The van der Waals surface area contributed by atoms with E-state index in [4.69, 9.17) is 16.3 Å². The van der Waals surface area contributed by atoms with Crippen molar-refractivity contribution in [1.82, 2.24) is 41.0 Å². The second-order valence-corrected chi connectivity index (χ2v) is 18.7. The third kappa shape index (κ3) is 11.6. The molecule has 4 aromatic rings. The van der Waals surface area contributed by atoms with Gasteiger partial charge in [-0.15, -0.1) is 0 Å². The van der Waals surface area contributed by atoms with Crippen molar-refractivity contribution in [3.63, 3.8) is 0 Å². The first kappa shape index (κ1) is 47.3. The lowest BCUT2D eigenvalue weighted by atomic mass is 9.88. The van der Waals surface area contributed by atoms with E-state index in [1.165, 1.54) is 6.20 Å². The molecule has 2 saturated carbocycles. The average molecular weight is 957 g/mol. The van der Waals surface area contributed by atoms with E-state index < -0.39 is 11.9 Å². The number of hydrogen-bond acceptors (Lipinski definition) is 12. The summed E-state index contributed by atoms with van der Waals surface area (Å²) in [5, 5.41) is 18.9. The van der Waals surface area contributed by atoms with Crippen molar-refractivity contribution < 1.29 is 28.7 Å². The summed E-state index contributed by atoms with van der Waals surface area (Å²) in [6.07, 6.45) is 10.3. The van der Waals surface area contributed by atoms with Crippen LogP contribution in [0, 0.1) is 11.8 Å². The van der Waals surface area contributed by atoms with Crippen LogP contribution in [0.4, 0.5) is 33.6 Å². The molecule has 4 fully saturated rings. The SMILES string of the molecule is CNC(=O)c1ccccc1Nc1nc(Nc2ccc(N3CCN(C(=O)NC4CCC(N[C@H]5CC[C@@H](OCC#Cc6ccc7c(c6)CN(C6CCC(=O)NC6=O)C7=O)CC5)CC4)CC3)cc2)ncc1Cl. The number of piperazine rings is 1. The number of anilines is 5. The lowest BCUT2D eigenvalue weighted by Gasteiger charge is -2.38. The number of imide groups is 1. The van der Waals surface area contributed by atoms with Gasteiger partial charge in [0.15, 0.2) is 5.82 Å². The number of halogens is 1. The van der Waals surface area contributed by atoms with E-state index in [9.17, 15) is 24.0 Å². The highest BCUT2D eigenvalue weighted by Gasteiger charge is 2.39. The average Bonchev–Trinajstić information content (AvgIpc) is 3.69. The van der Waals surface area contributed by atoms with Crippen molar-refractivity contribution in [2.75, 3.05) is 55.4 Å². The van der Waals surface area contributed by atoms with E-state index in [0.29, 0.717) is 78.3 Å². The van der Waals surface area contributed by atoms with Gasteiger partial charge in [0, 0.05) is 86.8 Å². The highest BCUT2D eigenvalue weighted by Crippen LogP contribution is 2.31. The number of piperidine rings is 1. The van der Waals surface area contributed by atoms with Crippen molar-refractivity contribution in [2.24, 2.45) is 0 Å². The number of hydrogen-bond donors (Lipinski definition) is 6. The normalized spacial score (nSPS) is 22.5. The fourth-order valence-electron chi connectivity index (χ4n) is 9.97. The van der Waals surface area contributed by atoms with Crippen LogP contribution in [0.5, 0.6) is 0 Å². The third-order valence-corrected chi connectivity index (χ3v) is 14.1. The van der Waals surface area contributed by atoms with E-state index in [1.54, 1.807) is 36.2 Å². The summed E-state index contributed by atoms with van der Waals surface area (Å²) in [4.78, 5) is 77.3. The Hall–Kier alpha value is -6.74. The molecule has 0 bridgehead atoms. The number of amides is 6. The minimum atomic E-state index is -0.634. The van der Waals surface area contributed by atoms with E-state index in [-0.39, 0.29) is 42.3 Å². The van der Waals surface area contributed by atoms with Gasteiger partial charge >= 0.3 is 6.03 Å². The van der Waals surface area contributed by atoms with Crippen LogP contribution in [0.1, 0.15) is 96.1 Å². The predicted octanol–water partition coefficient (Wildman–Crippen LogP) is 5.85. The van der Waals surface area contributed by atoms with Crippen molar-refractivity contribution in [2.45, 2.75) is 101 Å². The molecule has 2 aliphatic carbocycles. The standard InChI is InChI=1S/C51H58ClN11O6/c1-53-47(65)41-6-2-3-7-43(41)58-46-42(52)30-54-50(60-46)56-36-13-17-38(18-14-36)61-24-26-62(27-25-61)51(68)57-37-11-9-34(10-12-37)55-35-15-19-39(20-16-35)69-28-4-5-32-8-21-40-33(29-32)31-63(49(40)67)44-22-23-45(64)59-48(44)66/h2-3,6-8,13-14,17-18,21,29-30,34-35,37,39,44,55H,9-12,15-16,19-20,22-28,31H2,1H3,(H,53,65)(H,57,68)(H,59,64,66)(H2,54,56,58,60)/t34?,35-,37?,39+,44?. The zero-order valence-corrected chi connectivity index (χ0v) is 39.4. The van der Waals surface area contributed by atoms with Crippen molar-refractivity contribution in [3.05, 3.63) is 100 Å². The molecular weight excluding hydrogens is 898 g/mol. The van der Waals surface area contributed by atoms with Gasteiger partial charge in [-0.05, 0) is 118 Å². The Morgan fingerprint density at radius 2 is 1.58 bits per heavy atom. The lowest BCUT2D eigenvalue weighted by Crippen LogP contribution is -2.54.